The van der Waals surface area contributed by atoms with Gasteiger partial charge >= 0.3 is 12.1 Å². The third-order valence-corrected chi connectivity index (χ3v) is 7.20. The lowest BCUT2D eigenvalue weighted by Crippen LogP contribution is -2.43. The van der Waals surface area contributed by atoms with E-state index < -0.39 is 42.6 Å². The Bertz CT molecular complexity index is 1300. The maximum atomic E-state index is 10.8. The first-order chi connectivity index (χ1) is 22.5. The summed E-state index contributed by atoms with van der Waals surface area (Å²) >= 11 is 0. The van der Waals surface area contributed by atoms with Gasteiger partial charge in [0.05, 0.1) is 32.0 Å². The summed E-state index contributed by atoms with van der Waals surface area (Å²) in [4.78, 5) is 21.2. The summed E-state index contributed by atoms with van der Waals surface area (Å²) in [6.07, 6.45) is 3.64. The zero-order valence-corrected chi connectivity index (χ0v) is 26.9. The molecule has 12 heteroatoms. The highest BCUT2D eigenvalue weighted by atomic mass is 16.7. The minimum Gasteiger partial charge on any atom is -0.496 e. The van der Waals surface area contributed by atoms with Crippen LogP contribution >= 0.6 is 0 Å². The number of carbonyl (C=O) groups excluding carboxylic acids is 1. The first-order valence-corrected chi connectivity index (χ1v) is 15.3. The van der Waals surface area contributed by atoms with Crippen molar-refractivity contribution in [3.8, 4) is 0 Å². The third kappa shape index (κ3) is 12.7. The average Bonchev–Trinajstić information content (AvgIpc) is 3.04. The zero-order chi connectivity index (χ0) is 34.2. The molecular formula is C35H44O12. The summed E-state index contributed by atoms with van der Waals surface area (Å²) in [6.45, 7) is 7.61. The molecule has 2 aromatic carbocycles. The highest BCUT2D eigenvalue weighted by Crippen LogP contribution is 2.20. The van der Waals surface area contributed by atoms with Crippen LogP contribution in [0.1, 0.15) is 38.8 Å². The number of benzene rings is 2. The first kappa shape index (κ1) is 37.1. The summed E-state index contributed by atoms with van der Waals surface area (Å²) in [5.74, 6) is -0.510. The van der Waals surface area contributed by atoms with E-state index in [1.165, 1.54) is 25.5 Å². The fourth-order valence-electron chi connectivity index (χ4n) is 4.62. The van der Waals surface area contributed by atoms with E-state index >= 15 is 0 Å². The number of aliphatic hydroxyl groups excluding tert-OH is 2. The Labute approximate surface area is 274 Å². The monoisotopic (exact) mass is 656 g/mol. The van der Waals surface area contributed by atoms with Crippen molar-refractivity contribution < 1.29 is 58.1 Å². The number of hydrogen-bond donors (Lipinski definition) is 3. The Hall–Kier alpha value is -4.36. The van der Waals surface area contributed by atoms with Gasteiger partial charge in [0.25, 0.3) is 0 Å². The molecule has 0 amide bonds. The predicted molar refractivity (Wildman–Crippen MR) is 170 cm³/mol. The molecule has 3 N–H and O–H groups in total. The minimum atomic E-state index is -1.42. The number of esters is 1. The standard InChI is InChI=1S/2C13H16O3.C9H12O6/c1-10-13(14)12(7-8-15-10)16-9-11-5-3-2-4-6-11;1-10-13(12(14)7-8-15-10)16-9-11-5-3-2-4-6-11;1-5-8(14-6(2)10)7(3-4-13-5)15-9(11)12/h2*2-8,10,12-14H,9H2,1H3;3-5,7-8H,1-2H3,(H,11,12)/t2*10-,12-,13-;5-,7-,8-/m000/s1. The van der Waals surface area contributed by atoms with Crippen molar-refractivity contribution in [2.24, 2.45) is 0 Å². The Morgan fingerprint density at radius 3 is 1.68 bits per heavy atom. The van der Waals surface area contributed by atoms with Crippen LogP contribution in [-0.4, -0.2) is 82.4 Å². The van der Waals surface area contributed by atoms with Crippen molar-refractivity contribution in [3.05, 3.63) is 109 Å². The molecule has 0 radical (unpaired) electrons. The maximum Gasteiger partial charge on any atom is 0.506 e. The lowest BCUT2D eigenvalue weighted by atomic mass is 10.1. The lowest BCUT2D eigenvalue weighted by molar-refractivity contribution is -0.161. The summed E-state index contributed by atoms with van der Waals surface area (Å²) in [5.41, 5.74) is 2.19. The second kappa shape index (κ2) is 19.3. The molecule has 47 heavy (non-hydrogen) atoms. The van der Waals surface area contributed by atoms with Crippen molar-refractivity contribution in [1.29, 1.82) is 0 Å². The van der Waals surface area contributed by atoms with E-state index in [-0.39, 0.29) is 24.4 Å². The molecule has 0 spiro atoms. The highest BCUT2D eigenvalue weighted by molar-refractivity contribution is 5.66. The lowest BCUT2D eigenvalue weighted by Gasteiger charge is -2.30. The van der Waals surface area contributed by atoms with Gasteiger partial charge < -0.3 is 48.5 Å². The molecular weight excluding hydrogens is 612 g/mol. The summed E-state index contributed by atoms with van der Waals surface area (Å²) in [7, 11) is 0. The normalized spacial score (nSPS) is 28.9. The van der Waals surface area contributed by atoms with Crippen LogP contribution in [0.5, 0.6) is 0 Å². The maximum absolute atomic E-state index is 10.8. The van der Waals surface area contributed by atoms with Gasteiger partial charge in [-0.1, -0.05) is 60.7 Å². The molecule has 256 valence electrons. The number of hydrogen-bond acceptors (Lipinski definition) is 11. The number of carbonyl (C=O) groups is 2. The summed E-state index contributed by atoms with van der Waals surface area (Å²) in [5, 5.41) is 28.0. The number of carboxylic acid groups (broad SMARTS) is 1. The fraction of sp³-hybridized carbons (Fsp3) is 0.429. The average molecular weight is 657 g/mol. The summed E-state index contributed by atoms with van der Waals surface area (Å²) < 4.78 is 36.3. The van der Waals surface area contributed by atoms with Gasteiger partial charge in [-0.2, -0.15) is 0 Å². The van der Waals surface area contributed by atoms with E-state index in [1.807, 2.05) is 74.5 Å². The van der Waals surface area contributed by atoms with E-state index in [0.29, 0.717) is 13.2 Å². The van der Waals surface area contributed by atoms with Crippen molar-refractivity contribution >= 4 is 12.1 Å². The van der Waals surface area contributed by atoms with E-state index in [1.54, 1.807) is 25.3 Å². The number of aliphatic hydroxyl groups is 2. The highest BCUT2D eigenvalue weighted by Gasteiger charge is 2.35. The first-order valence-electron chi connectivity index (χ1n) is 15.3. The van der Waals surface area contributed by atoms with Crippen molar-refractivity contribution in [2.45, 2.75) is 95.8 Å². The van der Waals surface area contributed by atoms with Gasteiger partial charge in [0.2, 0.25) is 0 Å². The van der Waals surface area contributed by atoms with Crippen LogP contribution < -0.4 is 0 Å². The molecule has 3 aliphatic heterocycles. The molecule has 9 atom stereocenters. The van der Waals surface area contributed by atoms with E-state index in [4.69, 9.17) is 33.5 Å². The van der Waals surface area contributed by atoms with Gasteiger partial charge in [-0.05, 0) is 50.1 Å². The molecule has 0 aromatic heterocycles. The van der Waals surface area contributed by atoms with Crippen LogP contribution in [0.4, 0.5) is 4.79 Å². The zero-order valence-electron chi connectivity index (χ0n) is 26.9. The third-order valence-electron chi connectivity index (χ3n) is 7.20. The number of ether oxygens (including phenoxy) is 7. The van der Waals surface area contributed by atoms with E-state index in [2.05, 4.69) is 4.74 Å². The van der Waals surface area contributed by atoms with Crippen LogP contribution in [0, 0.1) is 0 Å². The van der Waals surface area contributed by atoms with Gasteiger partial charge in [0, 0.05) is 6.92 Å². The molecule has 5 rings (SSSR count). The van der Waals surface area contributed by atoms with Crippen LogP contribution in [0.2, 0.25) is 0 Å². The van der Waals surface area contributed by atoms with Gasteiger partial charge in [-0.15, -0.1) is 0 Å². The molecule has 3 aliphatic rings. The largest absolute Gasteiger partial charge is 0.506 e. The van der Waals surface area contributed by atoms with Gasteiger partial charge in [-0.25, -0.2) is 4.79 Å². The topological polar surface area (TPSA) is 159 Å². The van der Waals surface area contributed by atoms with Crippen molar-refractivity contribution in [2.75, 3.05) is 0 Å². The number of rotatable bonds is 8. The Morgan fingerprint density at radius 1 is 0.660 bits per heavy atom. The molecule has 2 aromatic rings. The molecule has 0 saturated heterocycles. The second-order valence-electron chi connectivity index (χ2n) is 10.9. The smallest absolute Gasteiger partial charge is 0.496 e. The molecule has 0 unspecified atom stereocenters. The minimum absolute atomic E-state index is 0.122. The molecule has 0 saturated carbocycles. The molecule has 3 heterocycles. The summed E-state index contributed by atoms with van der Waals surface area (Å²) in [6, 6.07) is 19.8. The Balaban J connectivity index is 0.000000192. The van der Waals surface area contributed by atoms with Crippen LogP contribution in [-0.2, 0) is 51.2 Å². The van der Waals surface area contributed by atoms with E-state index in [0.717, 1.165) is 11.1 Å². The molecule has 12 nitrogen and oxygen atoms in total. The van der Waals surface area contributed by atoms with Gasteiger partial charge in [0.1, 0.15) is 42.7 Å². The van der Waals surface area contributed by atoms with Crippen molar-refractivity contribution in [3.63, 3.8) is 0 Å². The van der Waals surface area contributed by atoms with Crippen molar-refractivity contribution in [1.82, 2.24) is 0 Å². The molecule has 0 aliphatic carbocycles. The predicted octanol–water partition coefficient (Wildman–Crippen LogP) is 4.64. The SMILES string of the molecule is CC(=O)O[C@H]1[C@H](C)OC=C[C@@H]1OC(=O)O.C[C@@H]1OC=C[C@H](O)[C@H]1OCc1ccccc1.C[C@@H]1OC=C[C@H](OCc2ccccc2)[C@H]1O. The molecule has 0 fully saturated rings. The van der Waals surface area contributed by atoms with Gasteiger partial charge in [-0.3, -0.25) is 4.79 Å². The quantitative estimate of drug-likeness (QED) is 0.338. The Kier molecular flexibility index (Phi) is 15.3. The van der Waals surface area contributed by atoms with Crippen LogP contribution in [0.25, 0.3) is 0 Å². The van der Waals surface area contributed by atoms with E-state index in [9.17, 15) is 19.8 Å². The Morgan fingerprint density at radius 2 is 1.15 bits per heavy atom. The van der Waals surface area contributed by atoms with Crippen LogP contribution in [0.15, 0.2) is 97.7 Å². The van der Waals surface area contributed by atoms with Gasteiger partial charge in [0.15, 0.2) is 12.2 Å². The molecule has 0 bridgehead atoms. The van der Waals surface area contributed by atoms with Crippen LogP contribution in [0.3, 0.4) is 0 Å². The fourth-order valence-corrected chi connectivity index (χ4v) is 4.62. The second-order valence-corrected chi connectivity index (χ2v) is 10.9.